The van der Waals surface area contributed by atoms with Gasteiger partial charge in [0.25, 0.3) is 0 Å². The minimum Gasteiger partial charge on any atom is -0.439 e. The minimum absolute atomic E-state index is 0.262. The van der Waals surface area contributed by atoms with Gasteiger partial charge in [-0.15, -0.1) is 0 Å². The summed E-state index contributed by atoms with van der Waals surface area (Å²) in [6.45, 7) is 3.28. The molecule has 0 saturated carbocycles. The largest absolute Gasteiger partial charge is 0.439 e. The third-order valence-electron chi connectivity index (χ3n) is 2.68. The second-order valence-electron chi connectivity index (χ2n) is 4.50. The van der Waals surface area contributed by atoms with Gasteiger partial charge in [-0.3, -0.25) is 0 Å². The molecule has 0 aliphatic heterocycles. The molecule has 0 aliphatic carbocycles. The molecule has 0 spiro atoms. The van der Waals surface area contributed by atoms with E-state index in [4.69, 9.17) is 4.74 Å². The molecule has 0 saturated heterocycles. The van der Waals surface area contributed by atoms with Crippen LogP contribution in [0.1, 0.15) is 18.9 Å². The Morgan fingerprint density at radius 3 is 2.71 bits per heavy atom. The highest BCUT2D eigenvalue weighted by Gasteiger charge is 2.09. The predicted molar refractivity (Wildman–Crippen MR) is 80.4 cm³/mol. The quantitative estimate of drug-likeness (QED) is 0.778. The van der Waals surface area contributed by atoms with Crippen LogP contribution >= 0.6 is 15.9 Å². The molecule has 0 unspecified atom stereocenters. The normalized spacial score (nSPS) is 10.7. The Morgan fingerprint density at radius 1 is 1.19 bits per heavy atom. The molecular weight excluding hydrogens is 342 g/mol. The van der Waals surface area contributed by atoms with Crippen LogP contribution in [-0.2, 0) is 6.54 Å². The zero-order chi connectivity index (χ0) is 15.2. The summed E-state index contributed by atoms with van der Waals surface area (Å²) in [6, 6.07) is 5.56. The van der Waals surface area contributed by atoms with E-state index in [1.54, 1.807) is 6.07 Å². The van der Waals surface area contributed by atoms with E-state index in [2.05, 4.69) is 26.2 Å². The Hall–Kier alpha value is -1.53. The molecule has 0 aliphatic rings. The third-order valence-corrected chi connectivity index (χ3v) is 3.14. The number of nitrogens with zero attached hydrogens (tertiary/aromatic N) is 1. The van der Waals surface area contributed by atoms with Crippen molar-refractivity contribution in [3.05, 3.63) is 52.1 Å². The summed E-state index contributed by atoms with van der Waals surface area (Å²) in [5.74, 6) is -0.293. The number of pyridine rings is 1. The molecule has 1 N–H and O–H groups in total. The van der Waals surface area contributed by atoms with Crippen LogP contribution < -0.4 is 10.1 Å². The lowest BCUT2D eigenvalue weighted by molar-refractivity contribution is 0.444. The highest BCUT2D eigenvalue weighted by Crippen LogP contribution is 2.27. The van der Waals surface area contributed by atoms with E-state index in [1.165, 1.54) is 18.2 Å². The molecule has 0 bridgehead atoms. The summed E-state index contributed by atoms with van der Waals surface area (Å²) in [5.41, 5.74) is 0.587. The van der Waals surface area contributed by atoms with Gasteiger partial charge in [0.05, 0.1) is 6.20 Å². The first-order valence-corrected chi connectivity index (χ1v) is 7.37. The topological polar surface area (TPSA) is 34.2 Å². The summed E-state index contributed by atoms with van der Waals surface area (Å²) in [5, 5.41) is 3.16. The SMILES string of the molecule is CCCNCc1cc(F)cnc1Oc1cc(F)cc(Br)c1. The van der Waals surface area contributed by atoms with Gasteiger partial charge in [0.1, 0.15) is 17.4 Å². The third kappa shape index (κ3) is 4.75. The number of hydrogen-bond donors (Lipinski definition) is 1. The fraction of sp³-hybridized carbons (Fsp3) is 0.267. The van der Waals surface area contributed by atoms with E-state index < -0.39 is 11.6 Å². The van der Waals surface area contributed by atoms with Gasteiger partial charge in [-0.05, 0) is 31.2 Å². The summed E-state index contributed by atoms with van der Waals surface area (Å²) >= 11 is 3.19. The lowest BCUT2D eigenvalue weighted by Gasteiger charge is -2.11. The first kappa shape index (κ1) is 15.9. The van der Waals surface area contributed by atoms with Crippen LogP contribution in [0.25, 0.3) is 0 Å². The number of ether oxygens (including phenoxy) is 1. The van der Waals surface area contributed by atoms with E-state index in [-0.39, 0.29) is 5.88 Å². The van der Waals surface area contributed by atoms with Gasteiger partial charge in [-0.25, -0.2) is 13.8 Å². The number of hydrogen-bond acceptors (Lipinski definition) is 3. The van der Waals surface area contributed by atoms with Crippen LogP contribution in [0.3, 0.4) is 0 Å². The molecule has 21 heavy (non-hydrogen) atoms. The number of halogens is 3. The smallest absolute Gasteiger partial charge is 0.223 e. The van der Waals surface area contributed by atoms with E-state index >= 15 is 0 Å². The fourth-order valence-corrected chi connectivity index (χ4v) is 2.23. The molecule has 1 heterocycles. The van der Waals surface area contributed by atoms with Gasteiger partial charge in [0, 0.05) is 22.6 Å². The Morgan fingerprint density at radius 2 is 2.00 bits per heavy atom. The first-order valence-electron chi connectivity index (χ1n) is 6.57. The maximum Gasteiger partial charge on any atom is 0.223 e. The van der Waals surface area contributed by atoms with Crippen LogP contribution in [-0.4, -0.2) is 11.5 Å². The van der Waals surface area contributed by atoms with Gasteiger partial charge in [-0.1, -0.05) is 22.9 Å². The summed E-state index contributed by atoms with van der Waals surface area (Å²) in [6.07, 6.45) is 2.04. The van der Waals surface area contributed by atoms with Gasteiger partial charge in [0.2, 0.25) is 5.88 Å². The fourth-order valence-electron chi connectivity index (χ4n) is 1.79. The van der Waals surface area contributed by atoms with Crippen LogP contribution in [0.5, 0.6) is 11.6 Å². The van der Waals surface area contributed by atoms with Crippen molar-refractivity contribution >= 4 is 15.9 Å². The average Bonchev–Trinajstić information content (AvgIpc) is 2.41. The number of benzene rings is 1. The van der Waals surface area contributed by atoms with Gasteiger partial charge >= 0.3 is 0 Å². The second-order valence-corrected chi connectivity index (χ2v) is 5.42. The van der Waals surface area contributed by atoms with Crippen molar-refractivity contribution in [3.8, 4) is 11.6 Å². The molecule has 0 atom stereocenters. The number of rotatable bonds is 6. The van der Waals surface area contributed by atoms with Crippen molar-refractivity contribution in [1.29, 1.82) is 0 Å². The first-order chi connectivity index (χ1) is 10.1. The summed E-state index contributed by atoms with van der Waals surface area (Å²) in [7, 11) is 0. The molecule has 0 amide bonds. The Labute approximate surface area is 130 Å². The molecular formula is C15H15BrF2N2O. The van der Waals surface area contributed by atoms with Crippen molar-refractivity contribution in [3.63, 3.8) is 0 Å². The standard InChI is InChI=1S/C15H15BrF2N2O/c1-2-3-19-8-10-4-13(18)9-20-15(10)21-14-6-11(16)5-12(17)7-14/h4-7,9,19H,2-3,8H2,1H3. The Bertz CT molecular complexity index is 602. The van der Waals surface area contributed by atoms with Gasteiger partial charge in [0.15, 0.2) is 0 Å². The van der Waals surface area contributed by atoms with Crippen molar-refractivity contribution in [2.24, 2.45) is 0 Å². The van der Waals surface area contributed by atoms with E-state index in [1.807, 2.05) is 6.92 Å². The van der Waals surface area contributed by atoms with Gasteiger partial charge in [-0.2, -0.15) is 0 Å². The monoisotopic (exact) mass is 356 g/mol. The van der Waals surface area contributed by atoms with E-state index in [0.717, 1.165) is 19.2 Å². The van der Waals surface area contributed by atoms with Crippen molar-refractivity contribution in [2.75, 3.05) is 6.54 Å². The molecule has 0 fully saturated rings. The molecule has 6 heteroatoms. The number of nitrogens with one attached hydrogen (secondary N) is 1. The molecule has 3 nitrogen and oxygen atoms in total. The predicted octanol–water partition coefficient (Wildman–Crippen LogP) is 4.41. The van der Waals surface area contributed by atoms with Crippen LogP contribution in [0.4, 0.5) is 8.78 Å². The van der Waals surface area contributed by atoms with Gasteiger partial charge < -0.3 is 10.1 Å². The molecule has 0 radical (unpaired) electrons. The molecule has 1 aromatic carbocycles. The molecule has 112 valence electrons. The van der Waals surface area contributed by atoms with E-state index in [9.17, 15) is 8.78 Å². The minimum atomic E-state index is -0.434. The van der Waals surface area contributed by atoms with E-state index in [0.29, 0.717) is 22.3 Å². The molecule has 2 rings (SSSR count). The summed E-state index contributed by atoms with van der Waals surface area (Å²) in [4.78, 5) is 3.94. The Balaban J connectivity index is 2.21. The highest BCUT2D eigenvalue weighted by molar-refractivity contribution is 9.10. The zero-order valence-electron chi connectivity index (χ0n) is 11.5. The second kappa shape index (κ2) is 7.47. The van der Waals surface area contributed by atoms with Crippen LogP contribution in [0, 0.1) is 11.6 Å². The zero-order valence-corrected chi connectivity index (χ0v) is 13.1. The number of aromatic nitrogens is 1. The summed E-state index contributed by atoms with van der Waals surface area (Å²) < 4.78 is 32.8. The maximum atomic E-state index is 13.3. The van der Waals surface area contributed by atoms with Crippen molar-refractivity contribution in [2.45, 2.75) is 19.9 Å². The van der Waals surface area contributed by atoms with Crippen molar-refractivity contribution < 1.29 is 13.5 Å². The van der Waals surface area contributed by atoms with Crippen LogP contribution in [0.15, 0.2) is 34.9 Å². The molecule has 1 aromatic heterocycles. The Kier molecular flexibility index (Phi) is 5.64. The lowest BCUT2D eigenvalue weighted by atomic mass is 10.2. The maximum absolute atomic E-state index is 13.3. The van der Waals surface area contributed by atoms with Crippen LogP contribution in [0.2, 0.25) is 0 Å². The highest BCUT2D eigenvalue weighted by atomic mass is 79.9. The molecule has 2 aromatic rings. The average molecular weight is 357 g/mol. The van der Waals surface area contributed by atoms with Crippen molar-refractivity contribution in [1.82, 2.24) is 10.3 Å². The lowest BCUT2D eigenvalue weighted by Crippen LogP contribution is -2.15.